The minimum absolute atomic E-state index is 0.0908. The second kappa shape index (κ2) is 11.1. The SMILES string of the molecule is Cc1cccc(-c2cc(=O)n(C)c3ccc(C(O)(c4ccc(C(=O)NC5CCCCC5)cc4)c4cncn4C)cc23)c1. The lowest BCUT2D eigenvalue weighted by Gasteiger charge is -2.30. The molecule has 2 aromatic heterocycles. The maximum Gasteiger partial charge on any atom is 0.251 e. The molecule has 1 aliphatic rings. The molecule has 0 aliphatic heterocycles. The molecule has 0 saturated heterocycles. The monoisotopic (exact) mass is 560 g/mol. The number of aliphatic hydroxyl groups is 1. The molecular weight excluding hydrogens is 524 g/mol. The molecule has 1 unspecified atom stereocenters. The first kappa shape index (κ1) is 27.7. The van der Waals surface area contributed by atoms with E-state index in [-0.39, 0.29) is 17.5 Å². The number of fused-ring (bicyclic) bond motifs is 1. The predicted octanol–water partition coefficient (Wildman–Crippen LogP) is 5.59. The Balaban J connectivity index is 1.47. The van der Waals surface area contributed by atoms with Crippen molar-refractivity contribution in [1.29, 1.82) is 0 Å². The van der Waals surface area contributed by atoms with Crippen LogP contribution >= 0.6 is 0 Å². The number of nitrogens with one attached hydrogen (secondary N) is 1. The summed E-state index contributed by atoms with van der Waals surface area (Å²) in [7, 11) is 3.61. The molecule has 7 nitrogen and oxygen atoms in total. The zero-order chi connectivity index (χ0) is 29.4. The van der Waals surface area contributed by atoms with Crippen LogP contribution in [-0.2, 0) is 19.7 Å². The second-order valence-corrected chi connectivity index (χ2v) is 11.5. The normalized spacial score (nSPS) is 15.4. The number of carbonyl (C=O) groups is 1. The van der Waals surface area contributed by atoms with Crippen LogP contribution in [0.3, 0.4) is 0 Å². The van der Waals surface area contributed by atoms with Gasteiger partial charge in [-0.2, -0.15) is 0 Å². The Kier molecular flexibility index (Phi) is 7.29. The van der Waals surface area contributed by atoms with Crippen LogP contribution < -0.4 is 10.9 Å². The third-order valence-corrected chi connectivity index (χ3v) is 8.69. The summed E-state index contributed by atoms with van der Waals surface area (Å²) in [5.74, 6) is -0.0908. The van der Waals surface area contributed by atoms with E-state index in [1.165, 1.54) is 6.42 Å². The van der Waals surface area contributed by atoms with Crippen molar-refractivity contribution < 1.29 is 9.90 Å². The van der Waals surface area contributed by atoms with Gasteiger partial charge in [-0.25, -0.2) is 4.98 Å². The van der Waals surface area contributed by atoms with Gasteiger partial charge in [-0.3, -0.25) is 9.59 Å². The summed E-state index contributed by atoms with van der Waals surface area (Å²) in [5, 5.41) is 16.7. The molecule has 0 bridgehead atoms. The number of carbonyl (C=O) groups excluding carboxylic acids is 1. The minimum atomic E-state index is -1.57. The van der Waals surface area contributed by atoms with Crippen LogP contribution in [0, 0.1) is 6.92 Å². The number of aryl methyl sites for hydroxylation is 3. The first-order valence-electron chi connectivity index (χ1n) is 14.6. The van der Waals surface area contributed by atoms with Crippen molar-refractivity contribution in [2.45, 2.75) is 50.7 Å². The fourth-order valence-corrected chi connectivity index (χ4v) is 6.28. The van der Waals surface area contributed by atoms with Crippen molar-refractivity contribution in [2.75, 3.05) is 0 Å². The molecular formula is C35H36N4O3. The second-order valence-electron chi connectivity index (χ2n) is 11.5. The largest absolute Gasteiger partial charge is 0.374 e. The molecule has 0 spiro atoms. The Morgan fingerprint density at radius 2 is 1.69 bits per heavy atom. The number of hydrogen-bond donors (Lipinski definition) is 2. The maximum absolute atomic E-state index is 13.0. The third-order valence-electron chi connectivity index (χ3n) is 8.69. The molecule has 6 rings (SSSR count). The molecule has 2 heterocycles. The van der Waals surface area contributed by atoms with Crippen LogP contribution in [0.15, 0.2) is 90.1 Å². The quantitative estimate of drug-likeness (QED) is 0.283. The highest BCUT2D eigenvalue weighted by Gasteiger charge is 2.37. The van der Waals surface area contributed by atoms with Gasteiger partial charge < -0.3 is 19.6 Å². The van der Waals surface area contributed by atoms with E-state index in [1.54, 1.807) is 46.9 Å². The highest BCUT2D eigenvalue weighted by Crippen LogP contribution is 2.39. The van der Waals surface area contributed by atoms with Gasteiger partial charge in [-0.1, -0.05) is 67.3 Å². The molecule has 1 saturated carbocycles. The standard InChI is InChI=1S/C35H36N4O3/c1-23-8-7-9-25(18-23)29-20-33(40)39(3)31-17-16-27(19-30(29)31)35(42,32-21-36-22-38(32)2)26-14-12-24(13-15-26)34(41)37-28-10-5-4-6-11-28/h7-9,12-22,28,42H,4-6,10-11H2,1-3H3,(H,37,41). The predicted molar refractivity (Wildman–Crippen MR) is 165 cm³/mol. The molecule has 2 N–H and O–H groups in total. The van der Waals surface area contributed by atoms with E-state index in [9.17, 15) is 14.7 Å². The highest BCUT2D eigenvalue weighted by atomic mass is 16.3. The number of hydrogen-bond acceptors (Lipinski definition) is 4. The summed E-state index contributed by atoms with van der Waals surface area (Å²) >= 11 is 0. The summed E-state index contributed by atoms with van der Waals surface area (Å²) in [6.45, 7) is 2.03. The van der Waals surface area contributed by atoms with Gasteiger partial charge in [0.15, 0.2) is 5.60 Å². The summed E-state index contributed by atoms with van der Waals surface area (Å²) in [4.78, 5) is 30.2. The molecule has 1 amide bonds. The zero-order valence-electron chi connectivity index (χ0n) is 24.3. The number of nitrogens with zero attached hydrogens (tertiary/aromatic N) is 3. The van der Waals surface area contributed by atoms with Crippen molar-refractivity contribution >= 4 is 16.8 Å². The third kappa shape index (κ3) is 4.94. The van der Waals surface area contributed by atoms with Gasteiger partial charge in [0.2, 0.25) is 0 Å². The molecule has 1 fully saturated rings. The lowest BCUT2D eigenvalue weighted by molar-refractivity contribution is 0.0926. The highest BCUT2D eigenvalue weighted by molar-refractivity contribution is 5.96. The molecule has 1 aliphatic carbocycles. The Morgan fingerprint density at radius 3 is 2.38 bits per heavy atom. The van der Waals surface area contributed by atoms with E-state index in [4.69, 9.17) is 0 Å². The summed E-state index contributed by atoms with van der Waals surface area (Å²) < 4.78 is 3.43. The van der Waals surface area contributed by atoms with Crippen molar-refractivity contribution in [1.82, 2.24) is 19.4 Å². The van der Waals surface area contributed by atoms with E-state index in [1.807, 2.05) is 62.5 Å². The fourth-order valence-electron chi connectivity index (χ4n) is 6.28. The van der Waals surface area contributed by atoms with E-state index in [0.29, 0.717) is 22.4 Å². The topological polar surface area (TPSA) is 89.2 Å². The molecule has 1 atom stereocenters. The molecule has 3 aromatic carbocycles. The fraction of sp³-hybridized carbons (Fsp3) is 0.286. The van der Waals surface area contributed by atoms with Gasteiger partial charge in [0.05, 0.1) is 23.7 Å². The van der Waals surface area contributed by atoms with E-state index in [0.717, 1.165) is 53.3 Å². The molecule has 42 heavy (non-hydrogen) atoms. The number of pyridine rings is 1. The average Bonchev–Trinajstić information content (AvgIpc) is 3.45. The van der Waals surface area contributed by atoms with Crippen molar-refractivity contribution in [3.05, 3.63) is 124 Å². The summed E-state index contributed by atoms with van der Waals surface area (Å²) in [5.41, 5.74) is 4.32. The van der Waals surface area contributed by atoms with Gasteiger partial charge >= 0.3 is 0 Å². The molecule has 5 aromatic rings. The number of aromatic nitrogens is 3. The number of benzene rings is 3. The van der Waals surface area contributed by atoms with Gasteiger partial charge in [-0.05, 0) is 66.3 Å². The van der Waals surface area contributed by atoms with E-state index in [2.05, 4.69) is 16.4 Å². The van der Waals surface area contributed by atoms with E-state index < -0.39 is 5.60 Å². The van der Waals surface area contributed by atoms with Crippen molar-refractivity contribution in [3.8, 4) is 11.1 Å². The van der Waals surface area contributed by atoms with Crippen LogP contribution in [0.5, 0.6) is 0 Å². The Hall–Kier alpha value is -4.49. The smallest absolute Gasteiger partial charge is 0.251 e. The number of amides is 1. The lowest BCUT2D eigenvalue weighted by Crippen LogP contribution is -2.36. The van der Waals surface area contributed by atoms with E-state index >= 15 is 0 Å². The first-order valence-corrected chi connectivity index (χ1v) is 14.6. The van der Waals surface area contributed by atoms with Crippen LogP contribution in [-0.4, -0.2) is 31.2 Å². The Morgan fingerprint density at radius 1 is 0.952 bits per heavy atom. The average molecular weight is 561 g/mol. The van der Waals surface area contributed by atoms with Crippen molar-refractivity contribution in [2.24, 2.45) is 14.1 Å². The number of imidazole rings is 1. The molecule has 0 radical (unpaired) electrons. The Labute approximate surface area is 245 Å². The number of rotatable bonds is 6. The summed E-state index contributed by atoms with van der Waals surface area (Å²) in [6.07, 6.45) is 8.88. The van der Waals surface area contributed by atoms with Crippen molar-refractivity contribution in [3.63, 3.8) is 0 Å². The van der Waals surface area contributed by atoms with Gasteiger partial charge in [0.25, 0.3) is 11.5 Å². The minimum Gasteiger partial charge on any atom is -0.374 e. The van der Waals surface area contributed by atoms with Crippen LogP contribution in [0.4, 0.5) is 0 Å². The van der Waals surface area contributed by atoms with Gasteiger partial charge in [0, 0.05) is 37.2 Å². The van der Waals surface area contributed by atoms with Gasteiger partial charge in [-0.15, -0.1) is 0 Å². The van der Waals surface area contributed by atoms with Crippen LogP contribution in [0.2, 0.25) is 0 Å². The van der Waals surface area contributed by atoms with Crippen LogP contribution in [0.1, 0.15) is 64.8 Å². The van der Waals surface area contributed by atoms with Crippen LogP contribution in [0.25, 0.3) is 22.0 Å². The zero-order valence-corrected chi connectivity index (χ0v) is 24.3. The van der Waals surface area contributed by atoms with Gasteiger partial charge in [0.1, 0.15) is 0 Å². The first-order chi connectivity index (χ1) is 20.3. The maximum atomic E-state index is 13.0. The molecule has 7 heteroatoms. The molecule has 214 valence electrons. The summed E-state index contributed by atoms with van der Waals surface area (Å²) in [6, 6.07) is 22.8. The Bertz CT molecular complexity index is 1830. The lowest BCUT2D eigenvalue weighted by atomic mass is 9.82.